The maximum atomic E-state index is 12.4. The van der Waals surface area contributed by atoms with Gasteiger partial charge >= 0.3 is 5.97 Å². The number of rotatable bonds is 5. The molecule has 0 heterocycles. The lowest BCUT2D eigenvalue weighted by Crippen LogP contribution is -2.02. The molecule has 6 heteroatoms. The van der Waals surface area contributed by atoms with Crippen molar-refractivity contribution in [3.05, 3.63) is 54.1 Å². The van der Waals surface area contributed by atoms with Crippen LogP contribution in [0, 0.1) is 6.92 Å². The summed E-state index contributed by atoms with van der Waals surface area (Å²) in [6.07, 6.45) is 0. The molecule has 0 aliphatic carbocycles. The van der Waals surface area contributed by atoms with E-state index < -0.39 is 15.8 Å². The van der Waals surface area contributed by atoms with Crippen LogP contribution in [0.5, 0.6) is 0 Å². The molecule has 0 fully saturated rings. The first-order valence-electron chi connectivity index (χ1n) is 6.16. The monoisotopic (exact) mass is 322 g/mol. The molecular weight excluding hydrogens is 308 g/mol. The van der Waals surface area contributed by atoms with Crippen molar-refractivity contribution < 1.29 is 18.3 Å². The van der Waals surface area contributed by atoms with Gasteiger partial charge < -0.3 is 5.11 Å². The second-order valence-electron chi connectivity index (χ2n) is 4.47. The van der Waals surface area contributed by atoms with Crippen LogP contribution in [0.15, 0.2) is 63.2 Å². The van der Waals surface area contributed by atoms with Crippen molar-refractivity contribution in [3.63, 3.8) is 0 Å². The Labute approximate surface area is 127 Å². The van der Waals surface area contributed by atoms with Crippen LogP contribution >= 0.6 is 11.8 Å². The van der Waals surface area contributed by atoms with Gasteiger partial charge in [0.05, 0.1) is 15.5 Å². The molecule has 0 aliphatic rings. The molecule has 2 aromatic rings. The van der Waals surface area contributed by atoms with Crippen LogP contribution < -0.4 is 0 Å². The lowest BCUT2D eigenvalue weighted by atomic mass is 10.2. The molecule has 0 unspecified atom stereocenters. The van der Waals surface area contributed by atoms with Crippen molar-refractivity contribution in [2.45, 2.75) is 21.6 Å². The number of aliphatic carboxylic acids is 1. The van der Waals surface area contributed by atoms with Gasteiger partial charge in [0.15, 0.2) is 0 Å². The van der Waals surface area contributed by atoms with Crippen LogP contribution in [-0.4, -0.2) is 25.2 Å². The standard InChI is InChI=1S/C15H14O4S2/c1-11-2-6-13(7-3-11)21(18,19)14-8-4-12(5-9-14)20-10-15(16)17/h2-9H,10H2,1H3,(H,16,17). The fourth-order valence-corrected chi connectivity index (χ4v) is 3.59. The van der Waals surface area contributed by atoms with Crippen LogP contribution in [0.1, 0.15) is 5.56 Å². The lowest BCUT2D eigenvalue weighted by Gasteiger charge is -2.06. The van der Waals surface area contributed by atoms with E-state index >= 15 is 0 Å². The first-order chi connectivity index (χ1) is 9.89. The third kappa shape index (κ3) is 3.86. The Morgan fingerprint density at radius 3 is 1.95 bits per heavy atom. The minimum absolute atomic E-state index is 0.0515. The summed E-state index contributed by atoms with van der Waals surface area (Å²) in [6.45, 7) is 1.89. The number of hydrogen-bond donors (Lipinski definition) is 1. The van der Waals surface area contributed by atoms with E-state index in [0.717, 1.165) is 22.2 Å². The summed E-state index contributed by atoms with van der Waals surface area (Å²) in [5.41, 5.74) is 0.995. The smallest absolute Gasteiger partial charge is 0.313 e. The molecule has 0 aromatic heterocycles. The van der Waals surface area contributed by atoms with Gasteiger partial charge in [0.2, 0.25) is 9.84 Å². The van der Waals surface area contributed by atoms with Gasteiger partial charge in [0, 0.05) is 4.90 Å². The summed E-state index contributed by atoms with van der Waals surface area (Å²) in [7, 11) is -3.53. The zero-order chi connectivity index (χ0) is 15.5. The Morgan fingerprint density at radius 1 is 1.00 bits per heavy atom. The summed E-state index contributed by atoms with van der Waals surface area (Å²) in [4.78, 5) is 11.7. The largest absolute Gasteiger partial charge is 0.481 e. The highest BCUT2D eigenvalue weighted by atomic mass is 32.2. The van der Waals surface area contributed by atoms with E-state index in [1.54, 1.807) is 36.4 Å². The third-order valence-corrected chi connectivity index (χ3v) is 5.61. The predicted molar refractivity (Wildman–Crippen MR) is 81.4 cm³/mol. The molecule has 0 spiro atoms. The number of thioether (sulfide) groups is 1. The average Bonchev–Trinajstić information content (AvgIpc) is 2.46. The zero-order valence-corrected chi connectivity index (χ0v) is 12.9. The molecule has 0 aliphatic heterocycles. The number of sulfone groups is 1. The SMILES string of the molecule is Cc1ccc(S(=O)(=O)c2ccc(SCC(=O)O)cc2)cc1. The molecule has 21 heavy (non-hydrogen) atoms. The maximum Gasteiger partial charge on any atom is 0.313 e. The zero-order valence-electron chi connectivity index (χ0n) is 11.3. The number of carboxylic acids is 1. The van der Waals surface area contributed by atoms with Gasteiger partial charge in [0.25, 0.3) is 0 Å². The van der Waals surface area contributed by atoms with Crippen molar-refractivity contribution in [3.8, 4) is 0 Å². The minimum Gasteiger partial charge on any atom is -0.481 e. The Balaban J connectivity index is 2.24. The normalized spacial score (nSPS) is 11.3. The highest BCUT2D eigenvalue weighted by Gasteiger charge is 2.17. The topological polar surface area (TPSA) is 71.4 Å². The van der Waals surface area contributed by atoms with Gasteiger partial charge in [-0.05, 0) is 43.3 Å². The van der Waals surface area contributed by atoms with E-state index in [4.69, 9.17) is 5.11 Å². The van der Waals surface area contributed by atoms with Crippen LogP contribution in [-0.2, 0) is 14.6 Å². The maximum absolute atomic E-state index is 12.4. The molecule has 4 nitrogen and oxygen atoms in total. The molecule has 2 rings (SSSR count). The van der Waals surface area contributed by atoms with Gasteiger partial charge in [-0.2, -0.15) is 0 Å². The predicted octanol–water partition coefficient (Wildman–Crippen LogP) is 3.00. The second kappa shape index (κ2) is 6.32. The first kappa shape index (κ1) is 15.6. The highest BCUT2D eigenvalue weighted by Crippen LogP contribution is 2.24. The molecule has 0 atom stereocenters. The van der Waals surface area contributed by atoms with E-state index in [1.165, 1.54) is 12.1 Å². The molecule has 2 aromatic carbocycles. The Morgan fingerprint density at radius 2 is 1.48 bits per heavy atom. The highest BCUT2D eigenvalue weighted by molar-refractivity contribution is 8.00. The summed E-state index contributed by atoms with van der Waals surface area (Å²) in [5, 5.41) is 8.61. The van der Waals surface area contributed by atoms with Crippen LogP contribution in [0.4, 0.5) is 0 Å². The number of carboxylic acid groups (broad SMARTS) is 1. The lowest BCUT2D eigenvalue weighted by molar-refractivity contribution is -0.133. The van der Waals surface area contributed by atoms with E-state index in [9.17, 15) is 13.2 Å². The van der Waals surface area contributed by atoms with Crippen molar-refractivity contribution in [2.75, 3.05) is 5.75 Å². The van der Waals surface area contributed by atoms with Crippen molar-refractivity contribution in [2.24, 2.45) is 0 Å². The summed E-state index contributed by atoms with van der Waals surface area (Å²) < 4.78 is 24.8. The molecule has 0 bridgehead atoms. The fraction of sp³-hybridized carbons (Fsp3) is 0.133. The quantitative estimate of drug-likeness (QED) is 0.857. The molecular formula is C15H14O4S2. The van der Waals surface area contributed by atoms with Crippen molar-refractivity contribution in [1.29, 1.82) is 0 Å². The van der Waals surface area contributed by atoms with Crippen molar-refractivity contribution in [1.82, 2.24) is 0 Å². The molecule has 0 saturated carbocycles. The Hall–Kier alpha value is -1.79. The Bertz CT molecular complexity index is 732. The van der Waals surface area contributed by atoms with E-state index in [2.05, 4.69) is 0 Å². The number of hydrogen-bond acceptors (Lipinski definition) is 4. The van der Waals surface area contributed by atoms with E-state index in [1.807, 2.05) is 6.92 Å². The molecule has 110 valence electrons. The fourth-order valence-electron chi connectivity index (χ4n) is 1.71. The van der Waals surface area contributed by atoms with Crippen LogP contribution in [0.25, 0.3) is 0 Å². The number of aryl methyl sites for hydroxylation is 1. The molecule has 1 N–H and O–H groups in total. The summed E-state index contributed by atoms with van der Waals surface area (Å²) in [6, 6.07) is 12.9. The van der Waals surface area contributed by atoms with Gasteiger partial charge in [-0.3, -0.25) is 4.79 Å². The van der Waals surface area contributed by atoms with Gasteiger partial charge in [-0.1, -0.05) is 17.7 Å². The molecule has 0 radical (unpaired) electrons. The van der Waals surface area contributed by atoms with Gasteiger partial charge in [0.1, 0.15) is 0 Å². The molecule has 0 saturated heterocycles. The Kier molecular flexibility index (Phi) is 4.69. The number of benzene rings is 2. The summed E-state index contributed by atoms with van der Waals surface area (Å²) >= 11 is 1.15. The van der Waals surface area contributed by atoms with Crippen molar-refractivity contribution >= 4 is 27.6 Å². The second-order valence-corrected chi connectivity index (χ2v) is 7.47. The first-order valence-corrected chi connectivity index (χ1v) is 8.63. The van der Waals surface area contributed by atoms with Gasteiger partial charge in [-0.25, -0.2) is 8.42 Å². The average molecular weight is 322 g/mol. The summed E-state index contributed by atoms with van der Waals surface area (Å²) in [5.74, 6) is -0.958. The van der Waals surface area contributed by atoms with E-state index in [0.29, 0.717) is 0 Å². The van der Waals surface area contributed by atoms with Gasteiger partial charge in [-0.15, -0.1) is 11.8 Å². The molecule has 0 amide bonds. The van der Waals surface area contributed by atoms with Crippen LogP contribution in [0.2, 0.25) is 0 Å². The number of carbonyl (C=O) groups is 1. The third-order valence-electron chi connectivity index (χ3n) is 2.83. The van der Waals surface area contributed by atoms with Crippen LogP contribution in [0.3, 0.4) is 0 Å². The minimum atomic E-state index is -3.53. The van der Waals surface area contributed by atoms with E-state index in [-0.39, 0.29) is 15.5 Å².